The smallest absolute Gasteiger partial charge is 0.258 e. The Bertz CT molecular complexity index is 393. The van der Waals surface area contributed by atoms with Crippen molar-refractivity contribution in [2.24, 2.45) is 0 Å². The van der Waals surface area contributed by atoms with E-state index in [1.54, 1.807) is 12.1 Å². The molecule has 1 aromatic rings. The average molecular weight is 210 g/mol. The molecule has 0 fully saturated rings. The summed E-state index contributed by atoms with van der Waals surface area (Å²) in [7, 11) is 0. The Morgan fingerprint density at radius 2 is 2.29 bits per heavy atom. The third kappa shape index (κ3) is 3.08. The van der Waals surface area contributed by atoms with Crippen molar-refractivity contribution in [3.63, 3.8) is 0 Å². The number of hydrogen-bond acceptors (Lipinski definition) is 2. The van der Waals surface area contributed by atoms with Crippen LogP contribution in [-0.2, 0) is 0 Å². The van der Waals surface area contributed by atoms with Crippen LogP contribution in [0.25, 0.3) is 0 Å². The molecule has 14 heavy (non-hydrogen) atoms. The molecule has 0 aromatic heterocycles. The average Bonchev–Trinajstić information content (AvgIpc) is 2.19. The topological polar surface area (TPSA) is 43.1 Å². The molecule has 0 atom stereocenters. The van der Waals surface area contributed by atoms with Gasteiger partial charge in [0, 0.05) is 30.0 Å². The number of nitro benzene ring substituents is 1. The van der Waals surface area contributed by atoms with Crippen molar-refractivity contribution in [1.82, 2.24) is 0 Å². The Balaban J connectivity index is 2.85. The van der Waals surface area contributed by atoms with Crippen LogP contribution >= 0.6 is 11.6 Å². The van der Waals surface area contributed by atoms with Crippen LogP contribution in [0.3, 0.4) is 0 Å². The standard InChI is InChI=1S/C10H8ClNO2/c11-7-2-1-4-9-5-3-6-10(8-9)12(13)14/h3,5-6,8H,2,7H2. The first-order valence-electron chi connectivity index (χ1n) is 4.03. The Morgan fingerprint density at radius 1 is 1.50 bits per heavy atom. The molecule has 0 N–H and O–H groups in total. The summed E-state index contributed by atoms with van der Waals surface area (Å²) in [6.07, 6.45) is 0.588. The second kappa shape index (κ2) is 5.25. The predicted molar refractivity (Wildman–Crippen MR) is 55.3 cm³/mol. The van der Waals surface area contributed by atoms with Crippen LogP contribution < -0.4 is 0 Å². The van der Waals surface area contributed by atoms with E-state index in [-0.39, 0.29) is 5.69 Å². The molecule has 0 heterocycles. The summed E-state index contributed by atoms with van der Waals surface area (Å²) in [4.78, 5) is 9.98. The van der Waals surface area contributed by atoms with Gasteiger partial charge in [0.25, 0.3) is 5.69 Å². The van der Waals surface area contributed by atoms with Gasteiger partial charge in [-0.05, 0) is 6.07 Å². The largest absolute Gasteiger partial charge is 0.270 e. The number of nitro groups is 1. The van der Waals surface area contributed by atoms with Gasteiger partial charge < -0.3 is 0 Å². The molecule has 0 bridgehead atoms. The first kappa shape index (κ1) is 10.6. The molecule has 0 radical (unpaired) electrons. The highest BCUT2D eigenvalue weighted by Crippen LogP contribution is 2.11. The minimum Gasteiger partial charge on any atom is -0.258 e. The van der Waals surface area contributed by atoms with Gasteiger partial charge in [-0.2, -0.15) is 0 Å². The van der Waals surface area contributed by atoms with E-state index in [4.69, 9.17) is 11.6 Å². The molecular formula is C10H8ClNO2. The maximum Gasteiger partial charge on any atom is 0.270 e. The van der Waals surface area contributed by atoms with Gasteiger partial charge in [-0.15, -0.1) is 11.6 Å². The lowest BCUT2D eigenvalue weighted by atomic mass is 10.2. The molecule has 0 saturated heterocycles. The summed E-state index contributed by atoms with van der Waals surface area (Å²) in [6, 6.07) is 6.23. The van der Waals surface area contributed by atoms with Gasteiger partial charge in [-0.25, -0.2) is 0 Å². The normalized spacial score (nSPS) is 8.93. The van der Waals surface area contributed by atoms with Crippen LogP contribution in [0.4, 0.5) is 5.69 Å². The number of rotatable bonds is 2. The highest BCUT2D eigenvalue weighted by Gasteiger charge is 2.03. The summed E-state index contributed by atoms with van der Waals surface area (Å²) in [5.74, 6) is 6.09. The van der Waals surface area contributed by atoms with Gasteiger partial charge >= 0.3 is 0 Å². The predicted octanol–water partition coefficient (Wildman–Crippen LogP) is 2.58. The van der Waals surface area contributed by atoms with Crippen LogP contribution in [0.5, 0.6) is 0 Å². The van der Waals surface area contributed by atoms with Crippen molar-refractivity contribution < 1.29 is 4.92 Å². The maximum atomic E-state index is 10.4. The van der Waals surface area contributed by atoms with E-state index in [0.29, 0.717) is 17.9 Å². The lowest BCUT2D eigenvalue weighted by Gasteiger charge is -1.91. The fourth-order valence-corrected chi connectivity index (χ4v) is 1.00. The second-order valence-electron chi connectivity index (χ2n) is 2.55. The van der Waals surface area contributed by atoms with E-state index in [1.165, 1.54) is 12.1 Å². The van der Waals surface area contributed by atoms with Crippen molar-refractivity contribution in [3.05, 3.63) is 39.9 Å². The fraction of sp³-hybridized carbons (Fsp3) is 0.200. The van der Waals surface area contributed by atoms with E-state index in [9.17, 15) is 10.1 Å². The minimum atomic E-state index is -0.438. The van der Waals surface area contributed by atoms with Crippen molar-refractivity contribution in [3.8, 4) is 11.8 Å². The minimum absolute atomic E-state index is 0.0580. The van der Waals surface area contributed by atoms with Crippen molar-refractivity contribution in [2.45, 2.75) is 6.42 Å². The molecule has 0 aliphatic rings. The zero-order valence-corrected chi connectivity index (χ0v) is 8.12. The molecule has 0 spiro atoms. The van der Waals surface area contributed by atoms with Gasteiger partial charge in [0.05, 0.1) is 4.92 Å². The maximum absolute atomic E-state index is 10.4. The Hall–Kier alpha value is -1.53. The number of benzene rings is 1. The van der Waals surface area contributed by atoms with Crippen LogP contribution in [0.2, 0.25) is 0 Å². The molecule has 0 saturated carbocycles. The Labute approximate surface area is 86.8 Å². The van der Waals surface area contributed by atoms with Gasteiger partial charge in [0.15, 0.2) is 0 Å². The SMILES string of the molecule is O=[N+]([O-])c1cccc(C#CCCCl)c1. The van der Waals surface area contributed by atoms with Crippen molar-refractivity contribution in [2.75, 3.05) is 5.88 Å². The van der Waals surface area contributed by atoms with E-state index in [2.05, 4.69) is 11.8 Å². The number of halogens is 1. The molecule has 72 valence electrons. The quantitative estimate of drug-likeness (QED) is 0.325. The molecule has 0 unspecified atom stereocenters. The van der Waals surface area contributed by atoms with Crippen LogP contribution in [-0.4, -0.2) is 10.8 Å². The summed E-state index contributed by atoms with van der Waals surface area (Å²) < 4.78 is 0. The van der Waals surface area contributed by atoms with E-state index < -0.39 is 4.92 Å². The van der Waals surface area contributed by atoms with Gasteiger partial charge in [-0.3, -0.25) is 10.1 Å². The second-order valence-corrected chi connectivity index (χ2v) is 2.93. The third-order valence-electron chi connectivity index (χ3n) is 1.51. The summed E-state index contributed by atoms with van der Waals surface area (Å²) in [6.45, 7) is 0. The monoisotopic (exact) mass is 209 g/mol. The van der Waals surface area contributed by atoms with Crippen molar-refractivity contribution in [1.29, 1.82) is 0 Å². The van der Waals surface area contributed by atoms with E-state index >= 15 is 0 Å². The zero-order chi connectivity index (χ0) is 10.4. The lowest BCUT2D eigenvalue weighted by molar-refractivity contribution is -0.384. The first-order chi connectivity index (χ1) is 6.74. The molecule has 0 amide bonds. The molecule has 1 aromatic carbocycles. The number of hydrogen-bond donors (Lipinski definition) is 0. The Morgan fingerprint density at radius 3 is 2.93 bits per heavy atom. The molecule has 3 nitrogen and oxygen atoms in total. The summed E-state index contributed by atoms with van der Waals surface area (Å²) in [5, 5.41) is 10.4. The Kier molecular flexibility index (Phi) is 3.96. The van der Waals surface area contributed by atoms with E-state index in [1.807, 2.05) is 0 Å². The summed E-state index contributed by atoms with van der Waals surface area (Å²) >= 11 is 5.44. The molecule has 1 rings (SSSR count). The van der Waals surface area contributed by atoms with Crippen molar-refractivity contribution >= 4 is 17.3 Å². The molecule has 0 aliphatic carbocycles. The lowest BCUT2D eigenvalue weighted by Crippen LogP contribution is -1.87. The molecular weight excluding hydrogens is 202 g/mol. The highest BCUT2D eigenvalue weighted by atomic mass is 35.5. The first-order valence-corrected chi connectivity index (χ1v) is 4.57. The van der Waals surface area contributed by atoms with Gasteiger partial charge in [0.2, 0.25) is 0 Å². The van der Waals surface area contributed by atoms with Crippen LogP contribution in [0.1, 0.15) is 12.0 Å². The number of nitrogens with zero attached hydrogens (tertiary/aromatic N) is 1. The highest BCUT2D eigenvalue weighted by molar-refractivity contribution is 6.18. The van der Waals surface area contributed by atoms with E-state index in [0.717, 1.165) is 0 Å². The van der Waals surface area contributed by atoms with Crippen LogP contribution in [0.15, 0.2) is 24.3 Å². The number of alkyl halides is 1. The number of non-ortho nitro benzene ring substituents is 1. The van der Waals surface area contributed by atoms with Crippen LogP contribution in [0, 0.1) is 22.0 Å². The summed E-state index contributed by atoms with van der Waals surface area (Å²) in [5.41, 5.74) is 0.701. The zero-order valence-electron chi connectivity index (χ0n) is 7.37. The third-order valence-corrected chi connectivity index (χ3v) is 1.70. The molecule has 4 heteroatoms. The van der Waals surface area contributed by atoms with Gasteiger partial charge in [0.1, 0.15) is 0 Å². The van der Waals surface area contributed by atoms with Gasteiger partial charge in [-0.1, -0.05) is 17.9 Å². The molecule has 0 aliphatic heterocycles. The fourth-order valence-electron chi connectivity index (χ4n) is 0.909.